The van der Waals surface area contributed by atoms with Crippen LogP contribution in [0.5, 0.6) is 0 Å². The van der Waals surface area contributed by atoms with Gasteiger partial charge in [-0.25, -0.2) is 9.37 Å². The maximum Gasteiger partial charge on any atom is 0.495 e. The van der Waals surface area contributed by atoms with Gasteiger partial charge < -0.3 is 9.31 Å². The lowest BCUT2D eigenvalue weighted by Gasteiger charge is -2.32. The van der Waals surface area contributed by atoms with E-state index in [9.17, 15) is 4.39 Å². The molecule has 3 rings (SSSR count). The molecule has 0 radical (unpaired) electrons. The second-order valence-corrected chi connectivity index (χ2v) is 7.88. The highest BCUT2D eigenvalue weighted by molar-refractivity contribution is 7.13. The van der Waals surface area contributed by atoms with Crippen LogP contribution in [0, 0.1) is 12.7 Å². The van der Waals surface area contributed by atoms with Gasteiger partial charge in [0.15, 0.2) is 0 Å². The van der Waals surface area contributed by atoms with E-state index in [-0.39, 0.29) is 5.82 Å². The minimum absolute atomic E-state index is 0.342. The average Bonchev–Trinajstić information content (AvgIpc) is 3.01. The Bertz CT molecular complexity index is 791. The summed E-state index contributed by atoms with van der Waals surface area (Å²) < 4.78 is 25.9. The highest BCUT2D eigenvalue weighted by atomic mass is 32.1. The first-order chi connectivity index (χ1) is 11.7. The van der Waals surface area contributed by atoms with Crippen molar-refractivity contribution in [2.24, 2.45) is 5.10 Å². The maximum absolute atomic E-state index is 13.8. The first kappa shape index (κ1) is 18.0. The third-order valence-corrected chi connectivity index (χ3v) is 5.40. The topological polar surface area (TPSA) is 55.7 Å². The summed E-state index contributed by atoms with van der Waals surface area (Å²) in [7, 11) is -0.649. The van der Waals surface area contributed by atoms with Gasteiger partial charge in [-0.2, -0.15) is 5.10 Å². The normalized spacial score (nSPS) is 18.9. The molecule has 0 spiro atoms. The zero-order valence-electron chi connectivity index (χ0n) is 15.0. The molecule has 1 aromatic heterocycles. The zero-order valence-corrected chi connectivity index (χ0v) is 15.8. The summed E-state index contributed by atoms with van der Waals surface area (Å²) in [6, 6.07) is 4.48. The molecule has 0 amide bonds. The van der Waals surface area contributed by atoms with E-state index in [1.165, 1.54) is 23.5 Å². The van der Waals surface area contributed by atoms with Crippen LogP contribution in [0.3, 0.4) is 0 Å². The number of hydrazone groups is 1. The molecule has 1 aliphatic heterocycles. The van der Waals surface area contributed by atoms with Gasteiger partial charge in [0, 0.05) is 5.38 Å². The summed E-state index contributed by atoms with van der Waals surface area (Å²) in [4.78, 5) is 4.28. The highest BCUT2D eigenvalue weighted by Crippen LogP contribution is 2.36. The Labute approximate surface area is 151 Å². The number of rotatable bonds is 4. The van der Waals surface area contributed by atoms with Crippen molar-refractivity contribution in [2.45, 2.75) is 45.8 Å². The first-order valence-electron chi connectivity index (χ1n) is 8.04. The molecular formula is C17H21BFN3O2S. The molecule has 1 N–H and O–H groups in total. The van der Waals surface area contributed by atoms with Gasteiger partial charge >= 0.3 is 7.12 Å². The molecule has 5 nitrogen and oxygen atoms in total. The molecule has 0 saturated carbocycles. The van der Waals surface area contributed by atoms with Crippen molar-refractivity contribution in [3.8, 4) is 0 Å². The van der Waals surface area contributed by atoms with E-state index in [1.54, 1.807) is 12.3 Å². The summed E-state index contributed by atoms with van der Waals surface area (Å²) in [5, 5.41) is 6.84. The molecule has 0 bridgehead atoms. The predicted molar refractivity (Wildman–Crippen MR) is 100 cm³/mol. The molecule has 1 aliphatic rings. The van der Waals surface area contributed by atoms with Crippen LogP contribution in [-0.2, 0) is 9.31 Å². The van der Waals surface area contributed by atoms with Crippen LogP contribution in [0.4, 0.5) is 9.52 Å². The number of hydrogen-bond donors (Lipinski definition) is 1. The van der Waals surface area contributed by atoms with Gasteiger partial charge in [-0.05, 0) is 57.8 Å². The number of aromatic nitrogens is 1. The number of anilines is 1. The lowest BCUT2D eigenvalue weighted by Crippen LogP contribution is -2.41. The monoisotopic (exact) mass is 361 g/mol. The van der Waals surface area contributed by atoms with E-state index >= 15 is 0 Å². The third-order valence-electron chi connectivity index (χ3n) is 4.54. The van der Waals surface area contributed by atoms with Gasteiger partial charge in [0.05, 0.1) is 23.1 Å². The highest BCUT2D eigenvalue weighted by Gasteiger charge is 2.52. The smallest absolute Gasteiger partial charge is 0.399 e. The summed E-state index contributed by atoms with van der Waals surface area (Å²) >= 11 is 1.47. The number of nitrogens with one attached hydrogen (secondary N) is 1. The number of halogens is 1. The van der Waals surface area contributed by atoms with Crippen LogP contribution < -0.4 is 10.9 Å². The average molecular weight is 361 g/mol. The lowest BCUT2D eigenvalue weighted by atomic mass is 9.76. The van der Waals surface area contributed by atoms with Crippen molar-refractivity contribution in [1.29, 1.82) is 0 Å². The summed E-state index contributed by atoms with van der Waals surface area (Å²) in [6.45, 7) is 9.78. The van der Waals surface area contributed by atoms with Crippen molar-refractivity contribution in [2.75, 3.05) is 5.43 Å². The van der Waals surface area contributed by atoms with Crippen LogP contribution >= 0.6 is 11.3 Å². The first-order valence-corrected chi connectivity index (χ1v) is 8.92. The molecule has 0 unspecified atom stereocenters. The number of hydrogen-bond acceptors (Lipinski definition) is 6. The molecule has 0 atom stereocenters. The Morgan fingerprint density at radius 1 is 1.24 bits per heavy atom. The van der Waals surface area contributed by atoms with Crippen LogP contribution in [0.15, 0.2) is 28.7 Å². The quantitative estimate of drug-likeness (QED) is 0.516. The standard InChI is InChI=1S/C17H21BFN3O2S/c1-11-10-25-15(21-11)22-20-9-12-6-7-13(19)8-14(12)18-23-16(2,3)17(4,5)24-18/h6-10H,1-5H3,(H,21,22). The van der Waals surface area contributed by atoms with Gasteiger partial charge in [-0.1, -0.05) is 6.07 Å². The van der Waals surface area contributed by atoms with E-state index in [0.717, 1.165) is 11.3 Å². The summed E-state index contributed by atoms with van der Waals surface area (Å²) in [6.07, 6.45) is 1.62. The number of aryl methyl sites for hydroxylation is 1. The molecular weight excluding hydrogens is 340 g/mol. The lowest BCUT2D eigenvalue weighted by molar-refractivity contribution is 0.00578. The molecule has 1 saturated heterocycles. The van der Waals surface area contributed by atoms with Crippen molar-refractivity contribution in [3.63, 3.8) is 0 Å². The fourth-order valence-corrected chi connectivity index (χ4v) is 3.04. The van der Waals surface area contributed by atoms with E-state index in [1.807, 2.05) is 40.0 Å². The minimum atomic E-state index is -0.649. The van der Waals surface area contributed by atoms with Crippen LogP contribution in [-0.4, -0.2) is 29.5 Å². The van der Waals surface area contributed by atoms with Crippen LogP contribution in [0.1, 0.15) is 39.0 Å². The molecule has 2 heterocycles. The molecule has 0 aliphatic carbocycles. The van der Waals surface area contributed by atoms with Crippen LogP contribution in [0.2, 0.25) is 0 Å². The van der Waals surface area contributed by atoms with Crippen molar-refractivity contribution in [1.82, 2.24) is 4.98 Å². The van der Waals surface area contributed by atoms with E-state index < -0.39 is 18.3 Å². The van der Waals surface area contributed by atoms with Gasteiger partial charge in [0.25, 0.3) is 0 Å². The minimum Gasteiger partial charge on any atom is -0.399 e. The van der Waals surface area contributed by atoms with Gasteiger partial charge in [0.1, 0.15) is 5.82 Å². The molecule has 25 heavy (non-hydrogen) atoms. The third kappa shape index (κ3) is 3.76. The Morgan fingerprint density at radius 2 is 1.92 bits per heavy atom. The van der Waals surface area contributed by atoms with E-state index in [2.05, 4.69) is 15.5 Å². The number of thiazole rings is 1. The second kappa shape index (κ2) is 6.51. The Morgan fingerprint density at radius 3 is 2.52 bits per heavy atom. The molecule has 2 aromatic rings. The zero-order chi connectivity index (χ0) is 18.2. The van der Waals surface area contributed by atoms with Gasteiger partial charge in [-0.3, -0.25) is 5.43 Å². The second-order valence-electron chi connectivity index (χ2n) is 7.03. The number of benzene rings is 1. The van der Waals surface area contributed by atoms with Gasteiger partial charge in [0.2, 0.25) is 5.13 Å². The molecule has 132 valence electrons. The fourth-order valence-electron chi connectivity index (χ4n) is 2.40. The van der Waals surface area contributed by atoms with E-state index in [0.29, 0.717) is 10.6 Å². The predicted octanol–water partition coefficient (Wildman–Crippen LogP) is 3.34. The molecule has 8 heteroatoms. The van der Waals surface area contributed by atoms with Crippen LogP contribution in [0.25, 0.3) is 0 Å². The van der Waals surface area contributed by atoms with Crippen molar-refractivity contribution >= 4 is 35.3 Å². The molecule has 1 aromatic carbocycles. The Balaban J connectivity index is 1.84. The maximum atomic E-state index is 13.8. The summed E-state index contributed by atoms with van der Waals surface area (Å²) in [5.41, 5.74) is 4.16. The fraction of sp³-hybridized carbons (Fsp3) is 0.412. The van der Waals surface area contributed by atoms with E-state index in [4.69, 9.17) is 9.31 Å². The van der Waals surface area contributed by atoms with Crippen molar-refractivity contribution < 1.29 is 13.7 Å². The Kier molecular flexibility index (Phi) is 4.70. The Hall–Kier alpha value is -1.77. The van der Waals surface area contributed by atoms with Gasteiger partial charge in [-0.15, -0.1) is 11.3 Å². The number of nitrogens with zero attached hydrogens (tertiary/aromatic N) is 2. The van der Waals surface area contributed by atoms with Crippen molar-refractivity contribution in [3.05, 3.63) is 40.7 Å². The molecule has 1 fully saturated rings. The summed E-state index contributed by atoms with van der Waals surface area (Å²) in [5.74, 6) is -0.342. The SMILES string of the molecule is Cc1csc(NN=Cc2ccc(F)cc2B2OC(C)(C)C(C)(C)O2)n1. The largest absolute Gasteiger partial charge is 0.495 e.